The van der Waals surface area contributed by atoms with Crippen molar-refractivity contribution >= 4 is 43.6 Å². The predicted octanol–water partition coefficient (Wildman–Crippen LogP) is 16.1. The first-order valence-corrected chi connectivity index (χ1v) is 23.0. The molecule has 0 bridgehead atoms. The second-order valence-corrected chi connectivity index (χ2v) is 17.2. The van der Waals surface area contributed by atoms with Gasteiger partial charge in [0.25, 0.3) is 0 Å². The second kappa shape index (κ2) is 16.4. The van der Waals surface area contributed by atoms with E-state index in [1.54, 1.807) is 0 Å². The topological polar surface area (TPSA) is 48.5 Å². The molecule has 0 aliphatic heterocycles. The summed E-state index contributed by atoms with van der Waals surface area (Å²) in [6, 6.07) is 88.4. The molecule has 13 aromatic rings. The number of hydrogen-bond donors (Lipinski definition) is 0. The summed E-state index contributed by atoms with van der Waals surface area (Å²) < 4.78 is 4.94. The molecule has 0 aliphatic carbocycles. The minimum atomic E-state index is 0.632. The van der Waals surface area contributed by atoms with Gasteiger partial charge in [0.2, 0.25) is 0 Å². The number of hydrogen-bond acceptors (Lipinski definition) is 3. The zero-order valence-electron chi connectivity index (χ0n) is 36.9. The molecular formula is C63H41N5. The van der Waals surface area contributed by atoms with Crippen LogP contribution in [0.4, 0.5) is 0 Å². The molecule has 0 radical (unpaired) electrons. The summed E-state index contributed by atoms with van der Waals surface area (Å²) in [5.41, 5.74) is 16.6. The fourth-order valence-corrected chi connectivity index (χ4v) is 9.99. The zero-order chi connectivity index (χ0) is 45.0. The molecule has 0 amide bonds. The molecule has 3 heterocycles. The third-order valence-corrected chi connectivity index (χ3v) is 13.2. The fraction of sp³-hybridized carbons (Fsp3) is 0. The van der Waals surface area contributed by atoms with Gasteiger partial charge in [-0.3, -0.25) is 0 Å². The van der Waals surface area contributed by atoms with Crippen molar-refractivity contribution in [2.75, 3.05) is 0 Å². The van der Waals surface area contributed by atoms with E-state index in [1.807, 2.05) is 60.7 Å². The van der Waals surface area contributed by atoms with E-state index in [0.29, 0.717) is 17.5 Å². The first-order valence-electron chi connectivity index (χ1n) is 23.0. The maximum Gasteiger partial charge on any atom is 0.164 e. The zero-order valence-corrected chi connectivity index (χ0v) is 36.9. The van der Waals surface area contributed by atoms with E-state index in [1.165, 1.54) is 54.8 Å². The van der Waals surface area contributed by atoms with Gasteiger partial charge in [-0.05, 0) is 70.3 Å². The highest BCUT2D eigenvalue weighted by Crippen LogP contribution is 2.48. The average Bonchev–Trinajstić information content (AvgIpc) is 3.94. The van der Waals surface area contributed by atoms with Crippen LogP contribution in [0.1, 0.15) is 0 Å². The lowest BCUT2D eigenvalue weighted by molar-refractivity contribution is 1.07. The van der Waals surface area contributed by atoms with E-state index in [0.717, 1.165) is 50.2 Å². The van der Waals surface area contributed by atoms with Gasteiger partial charge < -0.3 is 9.13 Å². The summed E-state index contributed by atoms with van der Waals surface area (Å²) in [5.74, 6) is 1.92. The van der Waals surface area contributed by atoms with Crippen LogP contribution >= 0.6 is 0 Å². The quantitative estimate of drug-likeness (QED) is 0.153. The fourth-order valence-electron chi connectivity index (χ4n) is 9.99. The molecule has 68 heavy (non-hydrogen) atoms. The molecule has 10 aromatic carbocycles. The van der Waals surface area contributed by atoms with Gasteiger partial charge in [-0.1, -0.05) is 206 Å². The van der Waals surface area contributed by atoms with Crippen molar-refractivity contribution in [1.82, 2.24) is 24.1 Å². The maximum atomic E-state index is 5.00. The molecule has 5 heteroatoms. The smallest absolute Gasteiger partial charge is 0.164 e. The normalized spacial score (nSPS) is 11.5. The van der Waals surface area contributed by atoms with E-state index in [-0.39, 0.29) is 0 Å². The van der Waals surface area contributed by atoms with Crippen molar-refractivity contribution in [2.45, 2.75) is 0 Å². The average molecular weight is 868 g/mol. The van der Waals surface area contributed by atoms with Crippen LogP contribution in [0.15, 0.2) is 249 Å². The Hall–Kier alpha value is -9.19. The summed E-state index contributed by atoms with van der Waals surface area (Å²) in [6.45, 7) is 0. The van der Waals surface area contributed by atoms with Gasteiger partial charge in [-0.25, -0.2) is 15.0 Å². The molecule has 0 fully saturated rings. The molecule has 0 N–H and O–H groups in total. The SMILES string of the molecule is c1ccc(-c2ccc3c4c5c6ccc(-c7ccc(-c8nc(-c9ccccc9)nc(-c9ccccc9)n8)cc7)cc6n(-c6ccccc6)c5cc(-c5ccccc5)c4n(-c4ccccc4)c3c2)cc1. The maximum absolute atomic E-state index is 5.00. The number of aromatic nitrogens is 5. The summed E-state index contributed by atoms with van der Waals surface area (Å²) in [7, 11) is 0. The Morgan fingerprint density at radius 2 is 0.603 bits per heavy atom. The van der Waals surface area contributed by atoms with Gasteiger partial charge in [-0.2, -0.15) is 0 Å². The Morgan fingerprint density at radius 1 is 0.250 bits per heavy atom. The van der Waals surface area contributed by atoms with E-state index >= 15 is 0 Å². The van der Waals surface area contributed by atoms with Crippen LogP contribution in [0, 0.1) is 0 Å². The van der Waals surface area contributed by atoms with Crippen LogP contribution in [0.25, 0.3) is 123 Å². The molecular weight excluding hydrogens is 827 g/mol. The largest absolute Gasteiger partial charge is 0.309 e. The summed E-state index contributed by atoms with van der Waals surface area (Å²) >= 11 is 0. The first-order chi connectivity index (χ1) is 33.7. The third kappa shape index (κ3) is 6.68. The molecule has 0 unspecified atom stereocenters. The lowest BCUT2D eigenvalue weighted by atomic mass is 9.96. The van der Waals surface area contributed by atoms with Gasteiger partial charge in [0, 0.05) is 55.2 Å². The molecule has 0 saturated carbocycles. The second-order valence-electron chi connectivity index (χ2n) is 17.2. The van der Waals surface area contributed by atoms with Gasteiger partial charge in [-0.15, -0.1) is 0 Å². The van der Waals surface area contributed by atoms with Gasteiger partial charge in [0.1, 0.15) is 0 Å². The molecule has 318 valence electrons. The predicted molar refractivity (Wildman–Crippen MR) is 281 cm³/mol. The number of rotatable bonds is 8. The number of fused-ring (bicyclic) bond motifs is 7. The van der Waals surface area contributed by atoms with E-state index in [4.69, 9.17) is 15.0 Å². The third-order valence-electron chi connectivity index (χ3n) is 13.2. The van der Waals surface area contributed by atoms with Crippen molar-refractivity contribution in [3.05, 3.63) is 249 Å². The number of benzene rings is 10. The summed E-state index contributed by atoms with van der Waals surface area (Å²) in [6.07, 6.45) is 0. The summed E-state index contributed by atoms with van der Waals surface area (Å²) in [5, 5.41) is 4.87. The van der Waals surface area contributed by atoms with Gasteiger partial charge in [0.15, 0.2) is 17.5 Å². The standard InChI is InChI=1S/C63H41N5/c1-7-19-42(20-8-1)48-36-38-53-56(40-48)68(51-29-17-6-18-30-51)60-54(44-21-9-2-10-22-44)41-57-58(59(53)60)52-37-35-49(39-55(52)67(57)50-27-15-5-16-28-50)43-31-33-47(34-32-43)63-65-61(45-23-11-3-12-24-45)64-62(66-63)46-25-13-4-14-26-46/h1-41H. The van der Waals surface area contributed by atoms with Crippen LogP contribution < -0.4 is 0 Å². The molecule has 0 spiro atoms. The molecule has 3 aromatic heterocycles. The summed E-state index contributed by atoms with van der Waals surface area (Å²) in [4.78, 5) is 14.9. The van der Waals surface area contributed by atoms with Crippen molar-refractivity contribution < 1.29 is 0 Å². The van der Waals surface area contributed by atoms with Crippen molar-refractivity contribution in [3.63, 3.8) is 0 Å². The number of nitrogens with zero attached hydrogens (tertiary/aromatic N) is 5. The molecule has 13 rings (SSSR count). The Balaban J connectivity index is 1.05. The van der Waals surface area contributed by atoms with Crippen molar-refractivity contribution in [1.29, 1.82) is 0 Å². The number of para-hydroxylation sites is 2. The van der Waals surface area contributed by atoms with E-state index < -0.39 is 0 Å². The Kier molecular flexibility index (Phi) is 9.43. The minimum absolute atomic E-state index is 0.632. The van der Waals surface area contributed by atoms with E-state index in [2.05, 4.69) is 197 Å². The highest BCUT2D eigenvalue weighted by atomic mass is 15.0. The lowest BCUT2D eigenvalue weighted by Gasteiger charge is -2.14. The van der Waals surface area contributed by atoms with Gasteiger partial charge >= 0.3 is 0 Å². The van der Waals surface area contributed by atoms with E-state index in [9.17, 15) is 0 Å². The molecule has 5 nitrogen and oxygen atoms in total. The molecule has 0 saturated heterocycles. The highest BCUT2D eigenvalue weighted by Gasteiger charge is 2.25. The van der Waals surface area contributed by atoms with Crippen LogP contribution in [0.2, 0.25) is 0 Å². The van der Waals surface area contributed by atoms with Crippen LogP contribution in [0.5, 0.6) is 0 Å². The van der Waals surface area contributed by atoms with Crippen LogP contribution in [0.3, 0.4) is 0 Å². The van der Waals surface area contributed by atoms with Gasteiger partial charge in [0.05, 0.1) is 22.1 Å². The van der Waals surface area contributed by atoms with Crippen LogP contribution in [-0.2, 0) is 0 Å². The molecule has 0 atom stereocenters. The Bertz CT molecular complexity index is 3900. The minimum Gasteiger partial charge on any atom is -0.309 e. The Morgan fingerprint density at radius 3 is 1.10 bits per heavy atom. The Labute approximate surface area is 393 Å². The monoisotopic (exact) mass is 867 g/mol. The first kappa shape index (κ1) is 39.2. The van der Waals surface area contributed by atoms with Crippen LogP contribution in [-0.4, -0.2) is 24.1 Å². The molecule has 0 aliphatic rings. The highest BCUT2D eigenvalue weighted by molar-refractivity contribution is 6.32. The van der Waals surface area contributed by atoms with Crippen molar-refractivity contribution in [3.8, 4) is 78.9 Å². The lowest BCUT2D eigenvalue weighted by Crippen LogP contribution is -2.00. The van der Waals surface area contributed by atoms with Crippen molar-refractivity contribution in [2.24, 2.45) is 0 Å².